The number of rotatable bonds is 7. The van der Waals surface area contributed by atoms with Crippen molar-refractivity contribution in [3.05, 3.63) is 28.2 Å². The van der Waals surface area contributed by atoms with Gasteiger partial charge in [-0.15, -0.1) is 16.4 Å². The van der Waals surface area contributed by atoms with Gasteiger partial charge in [0.05, 0.1) is 12.3 Å². The first kappa shape index (κ1) is 20.2. The van der Waals surface area contributed by atoms with E-state index in [-0.39, 0.29) is 29.7 Å². The summed E-state index contributed by atoms with van der Waals surface area (Å²) < 4.78 is 0. The highest BCUT2D eigenvalue weighted by Crippen LogP contribution is 2.15. The fourth-order valence-electron chi connectivity index (χ4n) is 1.94. The summed E-state index contributed by atoms with van der Waals surface area (Å²) in [6.45, 7) is 5.72. The van der Waals surface area contributed by atoms with Gasteiger partial charge in [-0.1, -0.05) is 17.8 Å². The van der Waals surface area contributed by atoms with Crippen LogP contribution in [-0.2, 0) is 9.59 Å². The number of carbonyl (C=O) groups is 2. The molecule has 140 valence electrons. The normalized spacial score (nSPS) is 11.7. The van der Waals surface area contributed by atoms with E-state index in [2.05, 4.69) is 20.5 Å². The van der Waals surface area contributed by atoms with E-state index < -0.39 is 0 Å². The molecular formula is C17H23N5O2S2. The lowest BCUT2D eigenvalue weighted by Crippen LogP contribution is -2.46. The van der Waals surface area contributed by atoms with Gasteiger partial charge >= 0.3 is 0 Å². The van der Waals surface area contributed by atoms with Crippen LogP contribution in [0.5, 0.6) is 0 Å². The van der Waals surface area contributed by atoms with E-state index in [0.29, 0.717) is 11.0 Å². The number of carbonyl (C=O) groups excluding carboxylic acids is 2. The number of likely N-dealkylation sites (N-methyl/N-ethyl adjacent to an activating group) is 1. The molecule has 0 unspecified atom stereocenters. The standard InChI is InChI=1S/C17H23N5O2S2/c1-17(2,3)19-14(23)10-22(4)15(24)11-26-16-18-13(20-21-16)8-7-12-6-5-9-25-12/h5-9H,10-11H2,1-4H3,(H,19,23)(H,18,20,21)/b8-7+. The summed E-state index contributed by atoms with van der Waals surface area (Å²) in [6, 6.07) is 3.99. The average molecular weight is 394 g/mol. The van der Waals surface area contributed by atoms with Crippen molar-refractivity contribution in [1.29, 1.82) is 0 Å². The summed E-state index contributed by atoms with van der Waals surface area (Å²) in [5.41, 5.74) is -0.318. The third-order valence-corrected chi connectivity index (χ3v) is 4.75. The number of nitrogens with zero attached hydrogens (tertiary/aromatic N) is 3. The Morgan fingerprint density at radius 2 is 2.15 bits per heavy atom. The predicted molar refractivity (Wildman–Crippen MR) is 106 cm³/mol. The number of H-pyrrole nitrogens is 1. The molecular weight excluding hydrogens is 370 g/mol. The smallest absolute Gasteiger partial charge is 0.240 e. The summed E-state index contributed by atoms with van der Waals surface area (Å²) >= 11 is 2.87. The third kappa shape index (κ3) is 7.01. The second-order valence-corrected chi connectivity index (χ2v) is 8.61. The first-order valence-corrected chi connectivity index (χ1v) is 9.91. The van der Waals surface area contributed by atoms with Gasteiger partial charge in [0.25, 0.3) is 0 Å². The van der Waals surface area contributed by atoms with E-state index in [1.54, 1.807) is 18.4 Å². The highest BCUT2D eigenvalue weighted by molar-refractivity contribution is 7.99. The Hall–Kier alpha value is -2.13. The molecule has 0 bridgehead atoms. The molecule has 2 rings (SSSR count). The number of hydrogen-bond acceptors (Lipinski definition) is 6. The molecule has 0 fully saturated rings. The molecule has 0 aliphatic rings. The molecule has 0 spiro atoms. The van der Waals surface area contributed by atoms with E-state index in [0.717, 1.165) is 4.88 Å². The Morgan fingerprint density at radius 3 is 2.81 bits per heavy atom. The molecule has 2 N–H and O–H groups in total. The van der Waals surface area contributed by atoms with Crippen molar-refractivity contribution < 1.29 is 9.59 Å². The van der Waals surface area contributed by atoms with Gasteiger partial charge in [-0.3, -0.25) is 14.7 Å². The number of amides is 2. The van der Waals surface area contributed by atoms with Crippen molar-refractivity contribution in [2.45, 2.75) is 31.5 Å². The second-order valence-electron chi connectivity index (χ2n) is 6.69. The zero-order chi connectivity index (χ0) is 19.2. The summed E-state index contributed by atoms with van der Waals surface area (Å²) in [6.07, 6.45) is 3.79. The monoisotopic (exact) mass is 393 g/mol. The molecule has 0 aromatic carbocycles. The van der Waals surface area contributed by atoms with Gasteiger partial charge in [0.2, 0.25) is 17.0 Å². The van der Waals surface area contributed by atoms with Crippen molar-refractivity contribution >= 4 is 47.1 Å². The van der Waals surface area contributed by atoms with Gasteiger partial charge in [0.1, 0.15) is 5.82 Å². The molecule has 0 aliphatic carbocycles. The SMILES string of the molecule is CN(CC(=O)NC(C)(C)C)C(=O)CSc1n[nH]c(/C=C/c2cccs2)n1. The van der Waals surface area contributed by atoms with Crippen LogP contribution in [0.4, 0.5) is 0 Å². The van der Waals surface area contributed by atoms with Crippen LogP contribution in [0, 0.1) is 0 Å². The van der Waals surface area contributed by atoms with Crippen LogP contribution >= 0.6 is 23.1 Å². The van der Waals surface area contributed by atoms with Gasteiger partial charge in [0.15, 0.2) is 0 Å². The largest absolute Gasteiger partial charge is 0.350 e. The Labute approximate surface area is 161 Å². The van der Waals surface area contributed by atoms with Crippen molar-refractivity contribution in [2.75, 3.05) is 19.3 Å². The molecule has 2 amide bonds. The predicted octanol–water partition coefficient (Wildman–Crippen LogP) is 2.50. The van der Waals surface area contributed by atoms with E-state index in [1.165, 1.54) is 16.7 Å². The first-order chi connectivity index (χ1) is 12.2. The zero-order valence-corrected chi connectivity index (χ0v) is 16.9. The van der Waals surface area contributed by atoms with Gasteiger partial charge in [-0.05, 0) is 44.4 Å². The van der Waals surface area contributed by atoms with Gasteiger partial charge < -0.3 is 10.2 Å². The number of aromatic amines is 1. The Morgan fingerprint density at radius 1 is 1.38 bits per heavy atom. The molecule has 9 heteroatoms. The lowest BCUT2D eigenvalue weighted by Gasteiger charge is -2.23. The van der Waals surface area contributed by atoms with Crippen LogP contribution in [0.3, 0.4) is 0 Å². The van der Waals surface area contributed by atoms with Gasteiger partial charge in [-0.2, -0.15) is 0 Å². The quantitative estimate of drug-likeness (QED) is 0.705. The maximum atomic E-state index is 12.2. The van der Waals surface area contributed by atoms with E-state index >= 15 is 0 Å². The van der Waals surface area contributed by atoms with Crippen molar-refractivity contribution in [2.24, 2.45) is 0 Å². The third-order valence-electron chi connectivity index (χ3n) is 3.08. The fraction of sp³-hybridized carbons (Fsp3) is 0.412. The van der Waals surface area contributed by atoms with Crippen LogP contribution in [0.25, 0.3) is 12.2 Å². The highest BCUT2D eigenvalue weighted by atomic mass is 32.2. The maximum Gasteiger partial charge on any atom is 0.240 e. The molecule has 0 atom stereocenters. The number of hydrogen-bond donors (Lipinski definition) is 2. The number of thiophene rings is 1. The minimum atomic E-state index is -0.318. The van der Waals surface area contributed by atoms with Crippen LogP contribution in [0.15, 0.2) is 22.7 Å². The van der Waals surface area contributed by atoms with Gasteiger partial charge in [-0.25, -0.2) is 4.98 Å². The molecule has 0 radical (unpaired) electrons. The number of nitrogens with one attached hydrogen (secondary N) is 2. The number of aromatic nitrogens is 3. The van der Waals surface area contributed by atoms with Crippen molar-refractivity contribution in [3.63, 3.8) is 0 Å². The maximum absolute atomic E-state index is 12.2. The van der Waals surface area contributed by atoms with E-state index in [9.17, 15) is 9.59 Å². The minimum Gasteiger partial charge on any atom is -0.350 e. The topological polar surface area (TPSA) is 91.0 Å². The van der Waals surface area contributed by atoms with E-state index in [4.69, 9.17) is 0 Å². The van der Waals surface area contributed by atoms with Crippen molar-refractivity contribution in [3.8, 4) is 0 Å². The molecule has 7 nitrogen and oxygen atoms in total. The molecule has 0 saturated heterocycles. The molecule has 0 saturated carbocycles. The molecule has 2 aromatic rings. The van der Waals surface area contributed by atoms with Crippen LogP contribution in [0.2, 0.25) is 0 Å². The Bertz CT molecular complexity index is 762. The molecule has 26 heavy (non-hydrogen) atoms. The fourth-order valence-corrected chi connectivity index (χ4v) is 3.31. The van der Waals surface area contributed by atoms with Crippen molar-refractivity contribution in [1.82, 2.24) is 25.4 Å². The molecule has 2 heterocycles. The van der Waals surface area contributed by atoms with E-state index in [1.807, 2.05) is 50.4 Å². The minimum absolute atomic E-state index is 0.0272. The second kappa shape index (κ2) is 9.00. The zero-order valence-electron chi connectivity index (χ0n) is 15.3. The summed E-state index contributed by atoms with van der Waals surface area (Å²) in [7, 11) is 1.61. The summed E-state index contributed by atoms with van der Waals surface area (Å²) in [4.78, 5) is 30.9. The lowest BCUT2D eigenvalue weighted by molar-refractivity contribution is -0.133. The first-order valence-electron chi connectivity index (χ1n) is 8.05. The summed E-state index contributed by atoms with van der Waals surface area (Å²) in [5, 5.41) is 12.2. The van der Waals surface area contributed by atoms with Crippen LogP contribution in [0.1, 0.15) is 31.5 Å². The van der Waals surface area contributed by atoms with Gasteiger partial charge in [0, 0.05) is 17.5 Å². The molecule has 0 aliphatic heterocycles. The highest BCUT2D eigenvalue weighted by Gasteiger charge is 2.18. The number of thioether (sulfide) groups is 1. The van der Waals surface area contributed by atoms with Crippen LogP contribution in [-0.4, -0.2) is 56.8 Å². The summed E-state index contributed by atoms with van der Waals surface area (Å²) in [5.74, 6) is 0.466. The average Bonchev–Trinajstić information content (AvgIpc) is 3.20. The Balaban J connectivity index is 1.79. The Kier molecular flexibility index (Phi) is 6.98. The lowest BCUT2D eigenvalue weighted by atomic mass is 10.1. The molecule has 2 aromatic heterocycles. The van der Waals surface area contributed by atoms with Crippen LogP contribution < -0.4 is 5.32 Å².